The molecule has 2 aromatic carbocycles. The summed E-state index contributed by atoms with van der Waals surface area (Å²) >= 11 is 12.9. The number of hydrogen-bond donors (Lipinski definition) is 1. The molecule has 0 atom stereocenters. The summed E-state index contributed by atoms with van der Waals surface area (Å²) in [4.78, 5) is 16.7. The van der Waals surface area contributed by atoms with Gasteiger partial charge in [-0.05, 0) is 49.1 Å². The van der Waals surface area contributed by atoms with Crippen molar-refractivity contribution in [3.8, 4) is 5.75 Å². The highest BCUT2D eigenvalue weighted by atomic mass is 35.5. The number of aromatic nitrogens is 2. The fraction of sp³-hybridized carbons (Fsp3) is 0.333. The highest BCUT2D eigenvalue weighted by Gasteiger charge is 2.18. The van der Waals surface area contributed by atoms with Gasteiger partial charge in [0.15, 0.2) is 5.15 Å². The van der Waals surface area contributed by atoms with E-state index in [0.29, 0.717) is 41.0 Å². The summed E-state index contributed by atoms with van der Waals surface area (Å²) in [6, 6.07) is 14.5. The number of carbonyl (C=O) groups excluding carboxylic acids is 1. The minimum absolute atomic E-state index is 0.0818. The van der Waals surface area contributed by atoms with Crippen molar-refractivity contribution in [1.82, 2.24) is 14.3 Å². The maximum absolute atomic E-state index is 12.4. The summed E-state index contributed by atoms with van der Waals surface area (Å²) < 4.78 is 34.3. The third kappa shape index (κ3) is 8.91. The van der Waals surface area contributed by atoms with Crippen LogP contribution in [0, 0.1) is 6.92 Å². The first-order valence-electron chi connectivity index (χ1n) is 12.1. The van der Waals surface area contributed by atoms with Crippen LogP contribution in [0.15, 0.2) is 53.9 Å². The minimum Gasteiger partial charge on any atom is -0.494 e. The lowest BCUT2D eigenvalue weighted by Crippen LogP contribution is -2.29. The molecule has 1 aromatic heterocycles. The zero-order chi connectivity index (χ0) is 26.8. The number of unbranched alkanes of at least 4 members (excludes halogenated alkanes) is 2. The summed E-state index contributed by atoms with van der Waals surface area (Å²) in [7, 11) is -3.93. The number of nitrogens with zero attached hydrogens (tertiary/aromatic N) is 2. The zero-order valence-corrected chi connectivity index (χ0v) is 23.2. The molecule has 0 unspecified atom stereocenters. The SMILES string of the molecule is CCCCCOc1ccc(Cn2c(C)nc(Cl)c2CCC(=O)NS(=O)(=O)C=Cc2ccccc2)c(Cl)c1. The summed E-state index contributed by atoms with van der Waals surface area (Å²) in [6.07, 6.45) is 4.78. The first kappa shape index (κ1) is 28.8. The highest BCUT2D eigenvalue weighted by Crippen LogP contribution is 2.26. The number of sulfonamides is 1. The standard InChI is InChI=1S/C27H31Cl2N3O4S/c1-3-4-8-16-36-23-12-11-22(24(28)18-23)19-32-20(2)30-27(29)25(32)13-14-26(33)31-37(34,35)17-15-21-9-6-5-7-10-21/h5-7,9-12,15,17-18H,3-4,8,13-14,16,19H2,1-2H3,(H,31,33). The topological polar surface area (TPSA) is 90.3 Å². The van der Waals surface area contributed by atoms with Gasteiger partial charge in [-0.25, -0.2) is 18.1 Å². The Hall–Kier alpha value is -2.81. The molecule has 0 spiro atoms. The second-order valence-corrected chi connectivity index (χ2v) is 10.9. The van der Waals surface area contributed by atoms with Crippen LogP contribution in [0.4, 0.5) is 0 Å². The van der Waals surface area contributed by atoms with Crippen molar-refractivity contribution in [2.24, 2.45) is 0 Å². The lowest BCUT2D eigenvalue weighted by Gasteiger charge is -2.13. The van der Waals surface area contributed by atoms with Gasteiger partial charge in [0.2, 0.25) is 5.91 Å². The van der Waals surface area contributed by atoms with Gasteiger partial charge in [0.25, 0.3) is 10.0 Å². The molecule has 1 heterocycles. The zero-order valence-electron chi connectivity index (χ0n) is 20.9. The Bertz CT molecular complexity index is 1340. The van der Waals surface area contributed by atoms with Gasteiger partial charge in [-0.3, -0.25) is 4.79 Å². The molecule has 0 saturated carbocycles. The number of ether oxygens (including phenoxy) is 1. The van der Waals surface area contributed by atoms with Gasteiger partial charge < -0.3 is 9.30 Å². The van der Waals surface area contributed by atoms with E-state index < -0.39 is 15.9 Å². The summed E-state index contributed by atoms with van der Waals surface area (Å²) in [5.74, 6) is 0.737. The molecule has 10 heteroatoms. The van der Waals surface area contributed by atoms with Crippen molar-refractivity contribution in [2.45, 2.75) is 52.5 Å². The van der Waals surface area contributed by atoms with E-state index in [-0.39, 0.29) is 18.0 Å². The van der Waals surface area contributed by atoms with E-state index in [9.17, 15) is 13.2 Å². The normalized spacial score (nSPS) is 11.7. The number of amides is 1. The number of benzene rings is 2. The number of imidazole rings is 1. The van der Waals surface area contributed by atoms with E-state index in [1.165, 1.54) is 6.08 Å². The van der Waals surface area contributed by atoms with Crippen molar-refractivity contribution < 1.29 is 17.9 Å². The predicted molar refractivity (Wildman–Crippen MR) is 148 cm³/mol. The van der Waals surface area contributed by atoms with Gasteiger partial charge in [0, 0.05) is 11.4 Å². The first-order chi connectivity index (χ1) is 17.7. The number of halogens is 2. The molecule has 0 aliphatic carbocycles. The fourth-order valence-electron chi connectivity index (χ4n) is 3.69. The molecule has 3 aromatic rings. The fourth-order valence-corrected chi connectivity index (χ4v) is 5.06. The molecular formula is C27H31Cl2N3O4S. The number of aryl methyl sites for hydroxylation is 1. The van der Waals surface area contributed by atoms with E-state index in [4.69, 9.17) is 27.9 Å². The molecule has 1 amide bonds. The number of rotatable bonds is 13. The molecule has 0 aliphatic heterocycles. The van der Waals surface area contributed by atoms with Crippen LogP contribution < -0.4 is 9.46 Å². The Morgan fingerprint density at radius 3 is 2.59 bits per heavy atom. The van der Waals surface area contributed by atoms with E-state index in [2.05, 4.69) is 16.6 Å². The van der Waals surface area contributed by atoms with Crippen LogP contribution in [0.3, 0.4) is 0 Å². The quantitative estimate of drug-likeness (QED) is 0.251. The Morgan fingerprint density at radius 1 is 1.14 bits per heavy atom. The Morgan fingerprint density at radius 2 is 1.89 bits per heavy atom. The molecule has 0 radical (unpaired) electrons. The van der Waals surface area contributed by atoms with Crippen LogP contribution in [0.1, 0.15) is 55.3 Å². The van der Waals surface area contributed by atoms with Crippen molar-refractivity contribution in [3.05, 3.63) is 86.8 Å². The van der Waals surface area contributed by atoms with Gasteiger partial charge in [-0.2, -0.15) is 0 Å². The van der Waals surface area contributed by atoms with E-state index >= 15 is 0 Å². The summed E-state index contributed by atoms with van der Waals surface area (Å²) in [5, 5.41) is 1.79. The Kier molecular flexibility index (Phi) is 10.6. The third-order valence-corrected chi connectivity index (χ3v) is 7.33. The molecule has 0 aliphatic rings. The second kappa shape index (κ2) is 13.7. The number of nitrogens with one attached hydrogen (secondary N) is 1. The predicted octanol–water partition coefficient (Wildman–Crippen LogP) is 6.17. The smallest absolute Gasteiger partial charge is 0.257 e. The molecule has 37 heavy (non-hydrogen) atoms. The number of carbonyl (C=O) groups is 1. The summed E-state index contributed by atoms with van der Waals surface area (Å²) in [6.45, 7) is 5.00. The van der Waals surface area contributed by atoms with Gasteiger partial charge in [0.1, 0.15) is 11.6 Å². The Labute approximate surface area is 228 Å². The summed E-state index contributed by atoms with van der Waals surface area (Å²) in [5.41, 5.74) is 2.18. The van der Waals surface area contributed by atoms with E-state index in [1.54, 1.807) is 30.3 Å². The monoisotopic (exact) mass is 563 g/mol. The number of hydrogen-bond acceptors (Lipinski definition) is 5. The van der Waals surface area contributed by atoms with Crippen LogP contribution in [0.2, 0.25) is 10.2 Å². The molecule has 3 rings (SSSR count). The maximum Gasteiger partial charge on any atom is 0.257 e. The van der Waals surface area contributed by atoms with Crippen molar-refractivity contribution in [2.75, 3.05) is 6.61 Å². The van der Waals surface area contributed by atoms with Crippen LogP contribution in [-0.4, -0.2) is 30.5 Å². The third-order valence-electron chi connectivity index (χ3n) is 5.67. The molecule has 198 valence electrons. The van der Waals surface area contributed by atoms with Crippen molar-refractivity contribution in [3.63, 3.8) is 0 Å². The highest BCUT2D eigenvalue weighted by molar-refractivity contribution is 7.93. The van der Waals surface area contributed by atoms with E-state index in [1.807, 2.05) is 29.7 Å². The molecule has 0 saturated heterocycles. The molecule has 0 bridgehead atoms. The lowest BCUT2D eigenvalue weighted by molar-refractivity contribution is -0.119. The average Bonchev–Trinajstić information content (AvgIpc) is 3.13. The molecule has 1 N–H and O–H groups in total. The molecule has 0 fully saturated rings. The van der Waals surface area contributed by atoms with Crippen LogP contribution >= 0.6 is 23.2 Å². The van der Waals surface area contributed by atoms with Gasteiger partial charge in [0.05, 0.1) is 24.3 Å². The van der Waals surface area contributed by atoms with Crippen molar-refractivity contribution in [1.29, 1.82) is 0 Å². The molecule has 7 nitrogen and oxygen atoms in total. The lowest BCUT2D eigenvalue weighted by atomic mass is 10.2. The van der Waals surface area contributed by atoms with Gasteiger partial charge >= 0.3 is 0 Å². The maximum atomic E-state index is 12.4. The Balaban J connectivity index is 1.63. The van der Waals surface area contributed by atoms with E-state index in [0.717, 1.165) is 30.2 Å². The van der Waals surface area contributed by atoms with Crippen LogP contribution in [-0.2, 0) is 27.8 Å². The van der Waals surface area contributed by atoms with Gasteiger partial charge in [-0.1, -0.05) is 79.4 Å². The largest absolute Gasteiger partial charge is 0.494 e. The van der Waals surface area contributed by atoms with Crippen molar-refractivity contribution >= 4 is 45.2 Å². The minimum atomic E-state index is -3.93. The van der Waals surface area contributed by atoms with Crippen LogP contribution in [0.5, 0.6) is 5.75 Å². The van der Waals surface area contributed by atoms with Gasteiger partial charge in [-0.15, -0.1) is 0 Å². The molecular weight excluding hydrogens is 533 g/mol. The second-order valence-electron chi connectivity index (χ2n) is 8.58. The first-order valence-corrected chi connectivity index (χ1v) is 14.4. The van der Waals surface area contributed by atoms with Crippen LogP contribution in [0.25, 0.3) is 6.08 Å². The average molecular weight is 565 g/mol.